The van der Waals surface area contributed by atoms with Crippen molar-refractivity contribution < 1.29 is 13.2 Å². The first-order valence-corrected chi connectivity index (χ1v) is 6.46. The van der Waals surface area contributed by atoms with Crippen LogP contribution in [0.3, 0.4) is 0 Å². The van der Waals surface area contributed by atoms with Crippen molar-refractivity contribution in [3.63, 3.8) is 0 Å². The lowest BCUT2D eigenvalue weighted by Gasteiger charge is -2.30. The second-order valence-electron chi connectivity index (χ2n) is 5.11. The van der Waals surface area contributed by atoms with Crippen LogP contribution in [0.15, 0.2) is 18.2 Å². The van der Waals surface area contributed by atoms with Gasteiger partial charge in [0.05, 0.1) is 6.54 Å². The van der Waals surface area contributed by atoms with Crippen molar-refractivity contribution in [1.29, 1.82) is 0 Å². The lowest BCUT2D eigenvalue weighted by atomic mass is 10.1. The second kappa shape index (κ2) is 4.64. The van der Waals surface area contributed by atoms with Crippen LogP contribution < -0.4 is 10.6 Å². The highest BCUT2D eigenvalue weighted by molar-refractivity contribution is 5.58. The molecule has 1 aromatic heterocycles. The first kappa shape index (κ1) is 13.7. The van der Waals surface area contributed by atoms with Gasteiger partial charge in [0.25, 0.3) is 0 Å². The normalized spacial score (nSPS) is 15.1. The van der Waals surface area contributed by atoms with Crippen molar-refractivity contribution in [3.05, 3.63) is 35.4 Å². The smallest absolute Gasteiger partial charge is 0.399 e. The SMILES string of the molecule is Cc1cc(N)cc(N2CCn3c(nnc3C(F)(F)F)C2)c1. The van der Waals surface area contributed by atoms with Gasteiger partial charge in [-0.05, 0) is 30.7 Å². The van der Waals surface area contributed by atoms with Gasteiger partial charge in [0.2, 0.25) is 5.82 Å². The van der Waals surface area contributed by atoms with E-state index in [1.165, 1.54) is 0 Å². The topological polar surface area (TPSA) is 60.0 Å². The minimum atomic E-state index is -4.47. The molecule has 3 rings (SSSR count). The Bertz CT molecular complexity index is 657. The van der Waals surface area contributed by atoms with Crippen molar-refractivity contribution in [3.8, 4) is 0 Å². The van der Waals surface area contributed by atoms with Crippen LogP contribution in [0.5, 0.6) is 0 Å². The predicted molar refractivity (Wildman–Crippen MR) is 71.7 cm³/mol. The van der Waals surface area contributed by atoms with Crippen LogP contribution in [0.2, 0.25) is 0 Å². The monoisotopic (exact) mass is 297 g/mol. The number of halogens is 3. The number of nitrogens with two attached hydrogens (primary N) is 1. The van der Waals surface area contributed by atoms with Crippen LogP contribution in [0, 0.1) is 6.92 Å². The van der Waals surface area contributed by atoms with E-state index in [1.54, 1.807) is 0 Å². The molecule has 0 saturated carbocycles. The third kappa shape index (κ3) is 2.53. The Labute approximate surface area is 119 Å². The fourth-order valence-corrected chi connectivity index (χ4v) is 2.56. The summed E-state index contributed by atoms with van der Waals surface area (Å²) in [5.41, 5.74) is 8.34. The number of aryl methyl sites for hydroxylation is 1. The molecule has 0 bridgehead atoms. The average Bonchev–Trinajstić information content (AvgIpc) is 2.80. The minimum absolute atomic E-state index is 0.199. The van der Waals surface area contributed by atoms with Crippen LogP contribution >= 0.6 is 0 Å². The zero-order valence-corrected chi connectivity index (χ0v) is 11.4. The first-order valence-electron chi connectivity index (χ1n) is 6.46. The summed E-state index contributed by atoms with van der Waals surface area (Å²) in [5, 5.41) is 6.93. The molecule has 0 saturated heterocycles. The summed E-state index contributed by atoms with van der Waals surface area (Å²) in [7, 11) is 0. The van der Waals surface area contributed by atoms with E-state index in [-0.39, 0.29) is 13.1 Å². The number of hydrogen-bond donors (Lipinski definition) is 1. The van der Waals surface area contributed by atoms with E-state index in [0.29, 0.717) is 18.1 Å². The van der Waals surface area contributed by atoms with Gasteiger partial charge in [-0.1, -0.05) is 0 Å². The van der Waals surface area contributed by atoms with E-state index >= 15 is 0 Å². The lowest BCUT2D eigenvalue weighted by molar-refractivity contribution is -0.147. The number of aromatic nitrogens is 3. The molecule has 1 aliphatic heterocycles. The minimum Gasteiger partial charge on any atom is -0.399 e. The van der Waals surface area contributed by atoms with Gasteiger partial charge in [0.1, 0.15) is 0 Å². The summed E-state index contributed by atoms with van der Waals surface area (Å²) in [6.45, 7) is 2.86. The number of benzene rings is 1. The van der Waals surface area contributed by atoms with Crippen LogP contribution in [0.4, 0.5) is 24.5 Å². The Kier molecular flexibility index (Phi) is 3.03. The largest absolute Gasteiger partial charge is 0.451 e. The van der Waals surface area contributed by atoms with Gasteiger partial charge in [-0.25, -0.2) is 0 Å². The Morgan fingerprint density at radius 2 is 1.90 bits per heavy atom. The summed E-state index contributed by atoms with van der Waals surface area (Å²) in [6.07, 6.45) is -4.47. The molecule has 112 valence electrons. The number of nitrogen functional groups attached to an aromatic ring is 1. The summed E-state index contributed by atoms with van der Waals surface area (Å²) < 4.78 is 39.5. The Balaban J connectivity index is 1.90. The van der Waals surface area contributed by atoms with E-state index in [4.69, 9.17) is 5.73 Å². The number of rotatable bonds is 1. The molecule has 0 radical (unpaired) electrons. The fourth-order valence-electron chi connectivity index (χ4n) is 2.56. The Morgan fingerprint density at radius 1 is 1.14 bits per heavy atom. The molecule has 0 amide bonds. The number of alkyl halides is 3. The Morgan fingerprint density at radius 3 is 2.57 bits per heavy atom. The quantitative estimate of drug-likeness (QED) is 0.820. The molecule has 0 atom stereocenters. The van der Waals surface area contributed by atoms with Crippen LogP contribution in [-0.2, 0) is 19.3 Å². The molecule has 5 nitrogen and oxygen atoms in total. The highest BCUT2D eigenvalue weighted by Crippen LogP contribution is 2.31. The molecule has 1 aliphatic rings. The molecule has 21 heavy (non-hydrogen) atoms. The molecule has 2 heterocycles. The van der Waals surface area contributed by atoms with Gasteiger partial charge in [-0.3, -0.25) is 0 Å². The van der Waals surface area contributed by atoms with Crippen molar-refractivity contribution in [1.82, 2.24) is 14.8 Å². The zero-order chi connectivity index (χ0) is 15.2. The molecule has 1 aromatic carbocycles. The molecule has 0 unspecified atom stereocenters. The maximum atomic E-state index is 12.8. The molecular weight excluding hydrogens is 283 g/mol. The van der Waals surface area contributed by atoms with E-state index in [0.717, 1.165) is 15.8 Å². The van der Waals surface area contributed by atoms with Crippen LogP contribution in [-0.4, -0.2) is 21.3 Å². The highest BCUT2D eigenvalue weighted by Gasteiger charge is 2.39. The van der Waals surface area contributed by atoms with Crippen molar-refractivity contribution >= 4 is 11.4 Å². The van der Waals surface area contributed by atoms with E-state index in [9.17, 15) is 13.2 Å². The summed E-state index contributed by atoms with van der Waals surface area (Å²) in [6, 6.07) is 5.61. The van der Waals surface area contributed by atoms with Gasteiger partial charge in [-0.15, -0.1) is 10.2 Å². The summed E-state index contributed by atoms with van der Waals surface area (Å²) in [5.74, 6) is -0.616. The van der Waals surface area contributed by atoms with Gasteiger partial charge >= 0.3 is 6.18 Å². The van der Waals surface area contributed by atoms with Gasteiger partial charge in [0, 0.05) is 24.5 Å². The predicted octanol–water partition coefficient (Wildman–Crippen LogP) is 2.21. The summed E-state index contributed by atoms with van der Waals surface area (Å²) in [4.78, 5) is 1.95. The third-order valence-corrected chi connectivity index (χ3v) is 3.46. The number of anilines is 2. The van der Waals surface area contributed by atoms with Crippen molar-refractivity contribution in [2.24, 2.45) is 0 Å². The maximum Gasteiger partial charge on any atom is 0.451 e. The number of fused-ring (bicyclic) bond motifs is 1. The van der Waals surface area contributed by atoms with Gasteiger partial charge < -0.3 is 15.2 Å². The highest BCUT2D eigenvalue weighted by atomic mass is 19.4. The summed E-state index contributed by atoms with van der Waals surface area (Å²) >= 11 is 0. The molecule has 8 heteroatoms. The molecule has 0 fully saturated rings. The number of nitrogens with zero attached hydrogens (tertiary/aromatic N) is 4. The maximum absolute atomic E-state index is 12.8. The third-order valence-electron chi connectivity index (χ3n) is 3.46. The lowest BCUT2D eigenvalue weighted by Crippen LogP contribution is -2.35. The second-order valence-corrected chi connectivity index (χ2v) is 5.11. The first-order chi connectivity index (χ1) is 9.84. The van der Waals surface area contributed by atoms with Gasteiger partial charge in [-0.2, -0.15) is 13.2 Å². The standard InChI is InChI=1S/C13H14F3N5/c1-8-4-9(17)6-10(5-8)20-2-3-21-11(7-20)18-19-12(21)13(14,15)16/h4-6H,2-3,7,17H2,1H3. The fraction of sp³-hybridized carbons (Fsp3) is 0.385. The van der Waals surface area contributed by atoms with Crippen molar-refractivity contribution in [2.45, 2.75) is 26.2 Å². The average molecular weight is 297 g/mol. The van der Waals surface area contributed by atoms with E-state index < -0.39 is 12.0 Å². The van der Waals surface area contributed by atoms with Crippen molar-refractivity contribution in [2.75, 3.05) is 17.2 Å². The molecule has 0 spiro atoms. The van der Waals surface area contributed by atoms with Gasteiger partial charge in [0.15, 0.2) is 5.82 Å². The molecular formula is C13H14F3N5. The zero-order valence-electron chi connectivity index (χ0n) is 11.4. The number of hydrogen-bond acceptors (Lipinski definition) is 4. The molecule has 2 aromatic rings. The molecule has 2 N–H and O–H groups in total. The van der Waals surface area contributed by atoms with Crippen LogP contribution in [0.1, 0.15) is 17.2 Å². The Hall–Kier alpha value is -2.25. The molecule has 0 aliphatic carbocycles. The van der Waals surface area contributed by atoms with E-state index in [1.807, 2.05) is 30.0 Å². The van der Waals surface area contributed by atoms with E-state index in [2.05, 4.69) is 10.2 Å². The van der Waals surface area contributed by atoms with Crippen LogP contribution in [0.25, 0.3) is 0 Å².